The van der Waals surface area contributed by atoms with E-state index in [0.717, 1.165) is 6.04 Å². The van der Waals surface area contributed by atoms with Crippen molar-refractivity contribution in [1.82, 2.24) is 14.7 Å². The molecular weight excluding hydrogens is 224 g/mol. The maximum atomic E-state index is 5.94. The Kier molecular flexibility index (Phi) is 5.42. The summed E-state index contributed by atoms with van der Waals surface area (Å²) in [4.78, 5) is 7.74. The number of nitrogens with zero attached hydrogens (tertiary/aromatic N) is 3. The van der Waals surface area contributed by atoms with Crippen LogP contribution in [-0.2, 0) is 0 Å². The highest BCUT2D eigenvalue weighted by molar-refractivity contribution is 4.80. The lowest BCUT2D eigenvalue weighted by molar-refractivity contribution is 0.0807. The fourth-order valence-electron chi connectivity index (χ4n) is 3.11. The van der Waals surface area contributed by atoms with Gasteiger partial charge in [-0.1, -0.05) is 6.92 Å². The van der Waals surface area contributed by atoms with Crippen molar-refractivity contribution in [3.8, 4) is 0 Å². The van der Waals surface area contributed by atoms with Gasteiger partial charge in [0.1, 0.15) is 0 Å². The predicted octanol–water partition coefficient (Wildman–Crippen LogP) is 0.436. The minimum absolute atomic E-state index is 0.453. The van der Waals surface area contributed by atoms with Crippen LogP contribution < -0.4 is 5.73 Å². The van der Waals surface area contributed by atoms with Gasteiger partial charge in [0, 0.05) is 44.8 Å². The van der Waals surface area contributed by atoms with Crippen LogP contribution >= 0.6 is 0 Å². The first-order chi connectivity index (χ1) is 8.69. The fraction of sp³-hybridized carbons (Fsp3) is 1.00. The van der Waals surface area contributed by atoms with Crippen molar-refractivity contribution in [1.29, 1.82) is 0 Å². The molecular formula is C14H30N4. The van der Waals surface area contributed by atoms with Crippen molar-refractivity contribution in [2.24, 2.45) is 5.73 Å². The predicted molar refractivity (Wildman–Crippen MR) is 76.8 cm³/mol. The molecule has 2 aliphatic rings. The summed E-state index contributed by atoms with van der Waals surface area (Å²) < 4.78 is 0. The second-order valence-electron chi connectivity index (χ2n) is 6.02. The highest BCUT2D eigenvalue weighted by Gasteiger charge is 2.23. The van der Waals surface area contributed by atoms with E-state index >= 15 is 0 Å². The van der Waals surface area contributed by atoms with Crippen LogP contribution in [0, 0.1) is 0 Å². The first kappa shape index (κ1) is 14.3. The molecule has 0 aromatic carbocycles. The quantitative estimate of drug-likeness (QED) is 0.789. The average molecular weight is 254 g/mol. The number of likely N-dealkylation sites (N-methyl/N-ethyl adjacent to an activating group) is 1. The van der Waals surface area contributed by atoms with Gasteiger partial charge in [-0.05, 0) is 39.4 Å². The Labute approximate surface area is 112 Å². The Bertz CT molecular complexity index is 238. The first-order valence-corrected chi connectivity index (χ1v) is 7.59. The highest BCUT2D eigenvalue weighted by atomic mass is 15.3. The van der Waals surface area contributed by atoms with E-state index in [0.29, 0.717) is 6.04 Å². The zero-order valence-corrected chi connectivity index (χ0v) is 12.1. The number of piperidine rings is 1. The van der Waals surface area contributed by atoms with Gasteiger partial charge >= 0.3 is 0 Å². The zero-order valence-electron chi connectivity index (χ0n) is 12.1. The van der Waals surface area contributed by atoms with Crippen LogP contribution in [0.15, 0.2) is 0 Å². The third kappa shape index (κ3) is 3.92. The molecule has 2 N–H and O–H groups in total. The number of nitrogens with two attached hydrogens (primary N) is 1. The molecule has 2 aliphatic heterocycles. The van der Waals surface area contributed by atoms with Gasteiger partial charge < -0.3 is 15.5 Å². The number of hydrogen-bond donors (Lipinski definition) is 1. The summed E-state index contributed by atoms with van der Waals surface area (Å²) in [7, 11) is 2.26. The highest BCUT2D eigenvalue weighted by Crippen LogP contribution is 2.12. The summed E-state index contributed by atoms with van der Waals surface area (Å²) in [5.41, 5.74) is 5.94. The molecule has 1 unspecified atom stereocenters. The average Bonchev–Trinajstić information content (AvgIpc) is 2.39. The number of likely N-dealkylation sites (tertiary alicyclic amines) is 1. The minimum atomic E-state index is 0.453. The zero-order chi connectivity index (χ0) is 13.0. The second-order valence-corrected chi connectivity index (χ2v) is 6.02. The van der Waals surface area contributed by atoms with Crippen molar-refractivity contribution < 1.29 is 0 Å². The Morgan fingerprint density at radius 2 is 1.67 bits per heavy atom. The molecule has 0 aliphatic carbocycles. The van der Waals surface area contributed by atoms with Crippen LogP contribution in [0.25, 0.3) is 0 Å². The largest absolute Gasteiger partial charge is 0.328 e. The lowest BCUT2D eigenvalue weighted by atomic mass is 10.1. The van der Waals surface area contributed by atoms with E-state index in [1.165, 1.54) is 65.1 Å². The third-order valence-corrected chi connectivity index (χ3v) is 4.70. The Hall–Kier alpha value is -0.160. The lowest BCUT2D eigenvalue weighted by Crippen LogP contribution is -2.53. The van der Waals surface area contributed by atoms with Crippen molar-refractivity contribution >= 4 is 0 Å². The molecule has 2 rings (SSSR count). The fourth-order valence-corrected chi connectivity index (χ4v) is 3.11. The van der Waals surface area contributed by atoms with Gasteiger partial charge in [-0.2, -0.15) is 0 Å². The molecule has 0 aromatic rings. The molecule has 18 heavy (non-hydrogen) atoms. The number of hydrogen-bond acceptors (Lipinski definition) is 4. The summed E-state index contributed by atoms with van der Waals surface area (Å²) >= 11 is 0. The van der Waals surface area contributed by atoms with Gasteiger partial charge in [0.05, 0.1) is 0 Å². The molecule has 4 heteroatoms. The van der Waals surface area contributed by atoms with Gasteiger partial charge in [0.2, 0.25) is 0 Å². The molecule has 0 amide bonds. The molecule has 0 bridgehead atoms. The van der Waals surface area contributed by atoms with Gasteiger partial charge in [-0.15, -0.1) is 0 Å². The summed E-state index contributed by atoms with van der Waals surface area (Å²) in [5.74, 6) is 0. The summed E-state index contributed by atoms with van der Waals surface area (Å²) in [5, 5.41) is 0. The molecule has 0 spiro atoms. The second kappa shape index (κ2) is 6.85. The topological polar surface area (TPSA) is 35.7 Å². The van der Waals surface area contributed by atoms with Crippen LogP contribution in [0.5, 0.6) is 0 Å². The Morgan fingerprint density at radius 1 is 1.00 bits per heavy atom. The van der Waals surface area contributed by atoms with Crippen LogP contribution in [-0.4, -0.2) is 79.6 Å². The van der Waals surface area contributed by atoms with Crippen LogP contribution in [0.1, 0.15) is 26.2 Å². The van der Waals surface area contributed by atoms with E-state index < -0.39 is 0 Å². The maximum absolute atomic E-state index is 5.94. The van der Waals surface area contributed by atoms with Crippen LogP contribution in [0.4, 0.5) is 0 Å². The van der Waals surface area contributed by atoms with Crippen LogP contribution in [0.2, 0.25) is 0 Å². The standard InChI is InChI=1S/C14H30N4/c1-3-14-12-18(9-8-16(14)2)11-10-17-6-4-13(15)5-7-17/h13-14H,3-12,15H2,1-2H3. The van der Waals surface area contributed by atoms with Crippen molar-refractivity contribution in [3.05, 3.63) is 0 Å². The van der Waals surface area contributed by atoms with E-state index in [-0.39, 0.29) is 0 Å². The molecule has 2 saturated heterocycles. The van der Waals surface area contributed by atoms with Gasteiger partial charge in [0.15, 0.2) is 0 Å². The van der Waals surface area contributed by atoms with E-state index in [2.05, 4.69) is 28.7 Å². The van der Waals surface area contributed by atoms with E-state index in [1.54, 1.807) is 0 Å². The molecule has 2 fully saturated rings. The maximum Gasteiger partial charge on any atom is 0.0218 e. The van der Waals surface area contributed by atoms with Crippen molar-refractivity contribution in [2.45, 2.75) is 38.3 Å². The Morgan fingerprint density at radius 3 is 2.33 bits per heavy atom. The van der Waals surface area contributed by atoms with Crippen LogP contribution in [0.3, 0.4) is 0 Å². The molecule has 106 valence electrons. The molecule has 2 heterocycles. The molecule has 1 atom stereocenters. The summed E-state index contributed by atoms with van der Waals surface area (Å²) in [6.45, 7) is 10.9. The van der Waals surface area contributed by atoms with E-state index in [9.17, 15) is 0 Å². The normalized spacial score (nSPS) is 29.8. The SMILES string of the molecule is CCC1CN(CCN2CCC(N)CC2)CCN1C. The van der Waals surface area contributed by atoms with E-state index in [1.807, 2.05) is 0 Å². The lowest BCUT2D eigenvalue weighted by Gasteiger charge is -2.40. The first-order valence-electron chi connectivity index (χ1n) is 7.59. The smallest absolute Gasteiger partial charge is 0.0218 e. The number of piperazine rings is 1. The minimum Gasteiger partial charge on any atom is -0.328 e. The number of rotatable bonds is 4. The Balaban J connectivity index is 1.67. The summed E-state index contributed by atoms with van der Waals surface area (Å²) in [6.07, 6.45) is 3.63. The third-order valence-electron chi connectivity index (χ3n) is 4.70. The molecule has 4 nitrogen and oxygen atoms in total. The van der Waals surface area contributed by atoms with E-state index in [4.69, 9.17) is 5.73 Å². The van der Waals surface area contributed by atoms with Gasteiger partial charge in [-0.3, -0.25) is 4.90 Å². The van der Waals surface area contributed by atoms with Gasteiger partial charge in [-0.25, -0.2) is 0 Å². The summed E-state index contributed by atoms with van der Waals surface area (Å²) in [6, 6.07) is 1.21. The van der Waals surface area contributed by atoms with Crippen molar-refractivity contribution in [3.63, 3.8) is 0 Å². The molecule has 0 radical (unpaired) electrons. The van der Waals surface area contributed by atoms with Crippen molar-refractivity contribution in [2.75, 3.05) is 52.9 Å². The van der Waals surface area contributed by atoms with Gasteiger partial charge in [0.25, 0.3) is 0 Å². The molecule has 0 aromatic heterocycles. The molecule has 0 saturated carbocycles. The monoisotopic (exact) mass is 254 g/mol.